The largest absolute Gasteiger partial charge is 0.382 e. The SMILES string of the molecule is CC(=O)c1nc(-c2sc(Nc3ccc(S(N)(=O)=O)cc3)nc2N)sc1Cc1ccccc1.Cc1nn2ccccc2c1-c1nc(N(C)c2ccc(Cl)cc2)c(-c2ncc[nH]2)s1. The third-order valence-electron chi connectivity index (χ3n) is 9.30. The third-order valence-corrected chi connectivity index (χ3v) is 13.7. The highest BCUT2D eigenvalue weighted by Crippen LogP contribution is 2.43. The summed E-state index contributed by atoms with van der Waals surface area (Å²) in [5.74, 6) is 1.82. The molecule has 0 saturated heterocycles. The number of imidazole rings is 1. The number of thiazole rings is 3. The number of hydrogen-bond donors (Lipinski definition) is 4. The second-order valence-electron chi connectivity index (χ2n) is 13.6. The predicted octanol–water partition coefficient (Wildman–Crippen LogP) is 9.61. The number of aryl methyl sites for hydroxylation is 1. The van der Waals surface area contributed by atoms with Crippen LogP contribution in [0.5, 0.6) is 0 Å². The summed E-state index contributed by atoms with van der Waals surface area (Å²) in [5.41, 5.74) is 12.3. The minimum Gasteiger partial charge on any atom is -0.382 e. The number of nitrogen functional groups attached to an aromatic ring is 1. The van der Waals surface area contributed by atoms with Crippen LogP contribution in [0.3, 0.4) is 0 Å². The molecule has 0 aliphatic rings. The van der Waals surface area contributed by atoms with Crippen LogP contribution in [0.15, 0.2) is 121 Å². The van der Waals surface area contributed by atoms with Crippen molar-refractivity contribution in [2.24, 2.45) is 5.14 Å². The summed E-state index contributed by atoms with van der Waals surface area (Å²) in [6.45, 7) is 3.51. The van der Waals surface area contributed by atoms with Crippen molar-refractivity contribution in [1.82, 2.24) is 34.5 Å². The van der Waals surface area contributed by atoms with E-state index >= 15 is 0 Å². The van der Waals surface area contributed by atoms with Crippen molar-refractivity contribution in [3.8, 4) is 31.2 Å². The Morgan fingerprint density at radius 3 is 2.33 bits per heavy atom. The molecule has 0 amide bonds. The first-order valence-electron chi connectivity index (χ1n) is 18.5. The van der Waals surface area contributed by atoms with Crippen LogP contribution < -0.4 is 21.1 Å². The monoisotopic (exact) mass is 905 g/mol. The Bertz CT molecular complexity index is 3090. The molecule has 0 atom stereocenters. The highest BCUT2D eigenvalue weighted by atomic mass is 35.5. The van der Waals surface area contributed by atoms with E-state index in [1.165, 1.54) is 41.7 Å². The molecule has 14 nitrogen and oxygen atoms in total. The molecule has 6 heterocycles. The molecule has 0 spiro atoms. The van der Waals surface area contributed by atoms with Gasteiger partial charge in [0.15, 0.2) is 22.6 Å². The van der Waals surface area contributed by atoms with Gasteiger partial charge in [0.1, 0.15) is 31.3 Å². The first kappa shape index (κ1) is 41.5. The molecule has 3 aromatic carbocycles. The van der Waals surface area contributed by atoms with Gasteiger partial charge >= 0.3 is 0 Å². The molecule has 6 aromatic heterocycles. The van der Waals surface area contributed by atoms with Gasteiger partial charge in [0.05, 0.1) is 21.7 Å². The second-order valence-corrected chi connectivity index (χ2v) is 18.7. The van der Waals surface area contributed by atoms with Crippen molar-refractivity contribution in [2.45, 2.75) is 25.2 Å². The lowest BCUT2D eigenvalue weighted by atomic mass is 10.1. The Hall–Kier alpha value is -6.28. The molecule has 0 unspecified atom stereocenters. The molecule has 0 radical (unpaired) electrons. The van der Waals surface area contributed by atoms with Gasteiger partial charge in [-0.05, 0) is 73.2 Å². The molecule has 308 valence electrons. The molecule has 9 aromatic rings. The number of aromatic nitrogens is 7. The zero-order chi connectivity index (χ0) is 42.8. The number of sulfonamides is 1. The first-order valence-corrected chi connectivity index (χ1v) is 22.8. The second kappa shape index (κ2) is 17.4. The van der Waals surface area contributed by atoms with E-state index in [2.05, 4.69) is 41.3 Å². The van der Waals surface area contributed by atoms with Crippen LogP contribution >= 0.6 is 45.6 Å². The molecule has 6 N–H and O–H groups in total. The lowest BCUT2D eigenvalue weighted by Gasteiger charge is -2.18. The fraction of sp³-hybridized carbons (Fsp3) is 0.0952. The number of pyridine rings is 1. The van der Waals surface area contributed by atoms with Gasteiger partial charge in [0, 0.05) is 60.3 Å². The average Bonchev–Trinajstić information content (AvgIpc) is 4.09. The molecule has 19 heteroatoms. The Balaban J connectivity index is 0.000000169. The van der Waals surface area contributed by atoms with Crippen molar-refractivity contribution in [3.05, 3.63) is 143 Å². The number of fused-ring (bicyclic) bond motifs is 1. The van der Waals surface area contributed by atoms with E-state index in [0.29, 0.717) is 43.7 Å². The minimum atomic E-state index is -3.76. The number of carbonyl (C=O) groups excluding carboxylic acids is 1. The molecule has 9 rings (SSSR count). The number of rotatable bonds is 11. The quantitative estimate of drug-likeness (QED) is 0.0900. The third kappa shape index (κ3) is 9.09. The molecule has 0 saturated carbocycles. The molecule has 0 bridgehead atoms. The smallest absolute Gasteiger partial charge is 0.238 e. The molecular weight excluding hydrogens is 870 g/mol. The van der Waals surface area contributed by atoms with E-state index in [0.717, 1.165) is 54.4 Å². The van der Waals surface area contributed by atoms with Crippen LogP contribution in [0.25, 0.3) is 36.7 Å². The van der Waals surface area contributed by atoms with E-state index < -0.39 is 10.0 Å². The van der Waals surface area contributed by atoms with Gasteiger partial charge < -0.3 is 20.9 Å². The van der Waals surface area contributed by atoms with Crippen LogP contribution in [0.2, 0.25) is 5.02 Å². The van der Waals surface area contributed by atoms with Crippen LogP contribution in [0, 0.1) is 6.92 Å². The number of nitrogens with zero attached hydrogens (tertiary/aromatic N) is 7. The normalized spacial score (nSPS) is 11.4. The summed E-state index contributed by atoms with van der Waals surface area (Å²) in [6, 6.07) is 29.6. The number of aromatic amines is 1. The number of primary sulfonamides is 1. The van der Waals surface area contributed by atoms with Crippen molar-refractivity contribution < 1.29 is 13.2 Å². The summed E-state index contributed by atoms with van der Waals surface area (Å²) < 4.78 is 24.7. The van der Waals surface area contributed by atoms with Gasteiger partial charge in [-0.1, -0.05) is 59.3 Å². The maximum atomic E-state index is 12.2. The number of nitrogens with one attached hydrogen (secondary N) is 2. The van der Waals surface area contributed by atoms with Gasteiger partial charge in [-0.2, -0.15) is 5.10 Å². The Kier molecular flexibility index (Phi) is 11.8. The maximum absolute atomic E-state index is 12.2. The van der Waals surface area contributed by atoms with Gasteiger partial charge in [-0.3, -0.25) is 4.79 Å². The van der Waals surface area contributed by atoms with E-state index in [1.54, 1.807) is 29.7 Å². The highest BCUT2D eigenvalue weighted by Gasteiger charge is 2.24. The summed E-state index contributed by atoms with van der Waals surface area (Å²) in [5, 5.41) is 15.6. The fourth-order valence-corrected chi connectivity index (χ4v) is 10.3. The van der Waals surface area contributed by atoms with Gasteiger partial charge in [0.25, 0.3) is 0 Å². The number of anilines is 5. The fourth-order valence-electron chi connectivity index (χ4n) is 6.37. The van der Waals surface area contributed by atoms with Gasteiger partial charge in [-0.25, -0.2) is 38.0 Å². The molecular formula is C42H36ClN11O3S4. The zero-order valence-electron chi connectivity index (χ0n) is 32.7. The summed E-state index contributed by atoms with van der Waals surface area (Å²) in [4.78, 5) is 38.3. The predicted molar refractivity (Wildman–Crippen MR) is 246 cm³/mol. The summed E-state index contributed by atoms with van der Waals surface area (Å²) in [6.07, 6.45) is 6.13. The lowest BCUT2D eigenvalue weighted by molar-refractivity contribution is 0.101. The number of halogens is 1. The van der Waals surface area contributed by atoms with Crippen LogP contribution in [-0.2, 0) is 16.4 Å². The number of ketones is 1. The van der Waals surface area contributed by atoms with Crippen molar-refractivity contribution in [1.29, 1.82) is 0 Å². The van der Waals surface area contributed by atoms with E-state index in [4.69, 9.17) is 27.5 Å². The molecule has 0 aliphatic carbocycles. The number of nitrogens with two attached hydrogens (primary N) is 2. The Morgan fingerprint density at radius 1 is 0.902 bits per heavy atom. The Labute approximate surface area is 367 Å². The van der Waals surface area contributed by atoms with Crippen LogP contribution in [0.4, 0.5) is 28.1 Å². The minimum absolute atomic E-state index is 0.0212. The number of hydrogen-bond acceptors (Lipinski definition) is 14. The lowest BCUT2D eigenvalue weighted by Crippen LogP contribution is -2.11. The maximum Gasteiger partial charge on any atom is 0.238 e. The number of Topliss-reactive ketones (excluding diaryl/α,β-unsaturated/α-hetero) is 1. The van der Waals surface area contributed by atoms with E-state index in [1.807, 2.05) is 97.6 Å². The average molecular weight is 907 g/mol. The molecule has 61 heavy (non-hydrogen) atoms. The van der Waals surface area contributed by atoms with Crippen molar-refractivity contribution in [3.63, 3.8) is 0 Å². The first-order chi connectivity index (χ1) is 29.3. The van der Waals surface area contributed by atoms with E-state index in [9.17, 15) is 13.2 Å². The van der Waals surface area contributed by atoms with Gasteiger partial charge in [-0.15, -0.1) is 22.7 Å². The topological polar surface area (TPSA) is 203 Å². The number of carbonyl (C=O) groups is 1. The molecule has 0 aliphatic heterocycles. The van der Waals surface area contributed by atoms with Crippen LogP contribution in [-0.4, -0.2) is 55.8 Å². The summed E-state index contributed by atoms with van der Waals surface area (Å²) >= 11 is 10.4. The Morgan fingerprint density at radius 2 is 1.64 bits per heavy atom. The number of H-pyrrole nitrogens is 1. The summed E-state index contributed by atoms with van der Waals surface area (Å²) in [7, 11) is -1.76. The standard InChI is InChI=1S/C21H17ClN6S.C21H19N5O3S3/c1-13-17(16-5-3-4-12-28(16)26-13)21-25-20(18(29-21)19-23-10-11-24-19)27(2)15-8-6-14(22)7-9-15;1-12(27)17-16(11-13-5-3-2-4-6-13)30-20(25-17)18-19(22)26-21(31-18)24-14-7-9-15(10-8-14)32(23,28)29/h3-12H,1-2H3,(H,23,24);2-10H,11,22H2,1H3,(H,24,26)(H2,23,28,29). The van der Waals surface area contributed by atoms with E-state index in [-0.39, 0.29) is 10.7 Å². The van der Waals surface area contributed by atoms with Crippen molar-refractivity contribution >= 4 is 95.1 Å². The number of benzene rings is 3. The van der Waals surface area contributed by atoms with Gasteiger partial charge in [0.2, 0.25) is 10.0 Å². The van der Waals surface area contributed by atoms with Crippen LogP contribution in [0.1, 0.15) is 33.5 Å². The highest BCUT2D eigenvalue weighted by molar-refractivity contribution is 7.89. The molecule has 0 fully saturated rings. The zero-order valence-corrected chi connectivity index (χ0v) is 36.7. The van der Waals surface area contributed by atoms with Crippen molar-refractivity contribution in [2.75, 3.05) is 23.0 Å².